The van der Waals surface area contributed by atoms with Gasteiger partial charge in [0.1, 0.15) is 5.75 Å². The smallest absolute Gasteiger partial charge is 0.239 e. The molecule has 22 heavy (non-hydrogen) atoms. The van der Waals surface area contributed by atoms with Crippen LogP contribution in [0.1, 0.15) is 32.4 Å². The summed E-state index contributed by atoms with van der Waals surface area (Å²) in [6.45, 7) is 5.61. The second kappa shape index (κ2) is 10.0. The van der Waals surface area contributed by atoms with Crippen molar-refractivity contribution in [3.63, 3.8) is 0 Å². The summed E-state index contributed by atoms with van der Waals surface area (Å²) >= 11 is 0. The summed E-state index contributed by atoms with van der Waals surface area (Å²) in [5.41, 5.74) is 6.11. The first-order valence-electron chi connectivity index (χ1n) is 6.95. The van der Waals surface area contributed by atoms with E-state index in [2.05, 4.69) is 10.6 Å². The molecule has 0 heterocycles. The highest BCUT2D eigenvalue weighted by molar-refractivity contribution is 5.85. The van der Waals surface area contributed by atoms with Crippen molar-refractivity contribution in [3.8, 4) is 5.75 Å². The van der Waals surface area contributed by atoms with Crippen LogP contribution < -0.4 is 21.1 Å². The highest BCUT2D eigenvalue weighted by Gasteiger charge is 2.10. The van der Waals surface area contributed by atoms with Crippen LogP contribution in [0.5, 0.6) is 5.75 Å². The number of ether oxygens (including phenoxy) is 1. The standard InChI is InChI=1S/C15H23N3O3.ClH/c1-10(2)21-13-6-4-12(5-7-13)11(3)18-15(20)9-17-14(19)8-16;/h4-7,10-11H,8-9,16H2,1-3H3,(H,17,19)(H,18,20);1H. The topological polar surface area (TPSA) is 93.5 Å². The normalized spacial score (nSPS) is 11.3. The first-order chi connectivity index (χ1) is 9.92. The third-order valence-corrected chi connectivity index (χ3v) is 2.76. The van der Waals surface area contributed by atoms with Crippen LogP contribution >= 0.6 is 12.4 Å². The van der Waals surface area contributed by atoms with Gasteiger partial charge in [-0.25, -0.2) is 0 Å². The monoisotopic (exact) mass is 329 g/mol. The van der Waals surface area contributed by atoms with E-state index in [0.29, 0.717) is 0 Å². The molecule has 1 aromatic rings. The third kappa shape index (κ3) is 7.28. The van der Waals surface area contributed by atoms with Crippen molar-refractivity contribution in [2.45, 2.75) is 32.9 Å². The Morgan fingerprint density at radius 2 is 1.73 bits per heavy atom. The summed E-state index contributed by atoms with van der Waals surface area (Å²) < 4.78 is 5.56. The molecule has 0 bridgehead atoms. The van der Waals surface area contributed by atoms with E-state index in [-0.39, 0.29) is 49.5 Å². The molecule has 0 aliphatic rings. The molecular formula is C15H24ClN3O3. The minimum absolute atomic E-state index is 0. The molecule has 2 amide bonds. The fourth-order valence-electron chi connectivity index (χ4n) is 1.73. The van der Waals surface area contributed by atoms with Crippen molar-refractivity contribution in [1.29, 1.82) is 0 Å². The van der Waals surface area contributed by atoms with Gasteiger partial charge in [-0.1, -0.05) is 12.1 Å². The van der Waals surface area contributed by atoms with Crippen LogP contribution in [-0.2, 0) is 9.59 Å². The van der Waals surface area contributed by atoms with Gasteiger partial charge in [0.25, 0.3) is 0 Å². The molecule has 0 saturated carbocycles. The molecule has 0 aliphatic heterocycles. The van der Waals surface area contributed by atoms with E-state index in [1.54, 1.807) is 0 Å². The summed E-state index contributed by atoms with van der Waals surface area (Å²) in [6, 6.07) is 7.39. The molecule has 6 nitrogen and oxygen atoms in total. The number of amides is 2. The van der Waals surface area contributed by atoms with E-state index < -0.39 is 0 Å². The number of nitrogens with two attached hydrogens (primary N) is 1. The van der Waals surface area contributed by atoms with Crippen LogP contribution in [0.2, 0.25) is 0 Å². The van der Waals surface area contributed by atoms with Crippen molar-refractivity contribution in [2.24, 2.45) is 5.73 Å². The quantitative estimate of drug-likeness (QED) is 0.699. The predicted octanol–water partition coefficient (Wildman–Crippen LogP) is 1.15. The van der Waals surface area contributed by atoms with E-state index in [9.17, 15) is 9.59 Å². The van der Waals surface area contributed by atoms with E-state index in [1.165, 1.54) is 0 Å². The first-order valence-corrected chi connectivity index (χ1v) is 6.95. The van der Waals surface area contributed by atoms with E-state index >= 15 is 0 Å². The Balaban J connectivity index is 0.00000441. The molecule has 1 rings (SSSR count). The van der Waals surface area contributed by atoms with Crippen LogP contribution in [0.3, 0.4) is 0 Å². The summed E-state index contributed by atoms with van der Waals surface area (Å²) in [7, 11) is 0. The van der Waals surface area contributed by atoms with Crippen LogP contribution in [0.4, 0.5) is 0 Å². The zero-order valence-electron chi connectivity index (χ0n) is 13.1. The number of carbonyl (C=O) groups is 2. The van der Waals surface area contributed by atoms with Gasteiger partial charge in [0.2, 0.25) is 11.8 Å². The number of benzene rings is 1. The number of hydrogen-bond donors (Lipinski definition) is 3. The van der Waals surface area contributed by atoms with Crippen LogP contribution in [-0.4, -0.2) is 31.0 Å². The Bertz CT molecular complexity index is 477. The third-order valence-electron chi connectivity index (χ3n) is 2.76. The minimum Gasteiger partial charge on any atom is -0.491 e. The molecule has 1 aromatic carbocycles. The number of rotatable bonds is 7. The largest absolute Gasteiger partial charge is 0.491 e. The van der Waals surface area contributed by atoms with Crippen LogP contribution in [0.25, 0.3) is 0 Å². The summed E-state index contributed by atoms with van der Waals surface area (Å²) in [6.07, 6.45) is 0.124. The molecule has 7 heteroatoms. The molecule has 0 fully saturated rings. The molecule has 124 valence electrons. The molecule has 0 spiro atoms. The molecule has 1 atom stereocenters. The Kier molecular flexibility index (Phi) is 9.21. The molecule has 0 aliphatic carbocycles. The van der Waals surface area contributed by atoms with Gasteiger partial charge >= 0.3 is 0 Å². The van der Waals surface area contributed by atoms with Gasteiger partial charge in [0, 0.05) is 0 Å². The van der Waals surface area contributed by atoms with Crippen molar-refractivity contribution in [1.82, 2.24) is 10.6 Å². The SMILES string of the molecule is CC(C)Oc1ccc(C(C)NC(=O)CNC(=O)CN)cc1.Cl. The molecule has 4 N–H and O–H groups in total. The van der Waals surface area contributed by atoms with E-state index in [1.807, 2.05) is 45.0 Å². The lowest BCUT2D eigenvalue weighted by Crippen LogP contribution is -2.40. The Morgan fingerprint density at radius 1 is 1.14 bits per heavy atom. The van der Waals surface area contributed by atoms with Gasteiger partial charge in [0.15, 0.2) is 0 Å². The average molecular weight is 330 g/mol. The zero-order valence-corrected chi connectivity index (χ0v) is 13.9. The van der Waals surface area contributed by atoms with Crippen LogP contribution in [0.15, 0.2) is 24.3 Å². The molecule has 0 radical (unpaired) electrons. The number of hydrogen-bond acceptors (Lipinski definition) is 4. The minimum atomic E-state index is -0.354. The van der Waals surface area contributed by atoms with Crippen molar-refractivity contribution < 1.29 is 14.3 Å². The van der Waals surface area contributed by atoms with E-state index in [4.69, 9.17) is 10.5 Å². The van der Waals surface area contributed by atoms with Gasteiger partial charge in [-0.2, -0.15) is 0 Å². The van der Waals surface area contributed by atoms with Gasteiger partial charge in [-0.3, -0.25) is 9.59 Å². The Morgan fingerprint density at radius 3 is 2.23 bits per heavy atom. The average Bonchev–Trinajstić information content (AvgIpc) is 2.44. The van der Waals surface area contributed by atoms with Gasteiger partial charge in [-0.05, 0) is 38.5 Å². The lowest BCUT2D eigenvalue weighted by Gasteiger charge is -2.16. The first kappa shape index (κ1) is 20.2. The van der Waals surface area contributed by atoms with Gasteiger partial charge in [0.05, 0.1) is 25.2 Å². The maximum absolute atomic E-state index is 11.7. The van der Waals surface area contributed by atoms with E-state index in [0.717, 1.165) is 11.3 Å². The highest BCUT2D eigenvalue weighted by Crippen LogP contribution is 2.18. The van der Waals surface area contributed by atoms with Crippen molar-refractivity contribution in [3.05, 3.63) is 29.8 Å². The maximum Gasteiger partial charge on any atom is 0.239 e. The molecule has 1 unspecified atom stereocenters. The van der Waals surface area contributed by atoms with Gasteiger partial charge < -0.3 is 21.1 Å². The molecule has 0 saturated heterocycles. The number of halogens is 1. The second-order valence-corrected chi connectivity index (χ2v) is 5.01. The summed E-state index contributed by atoms with van der Waals surface area (Å²) in [4.78, 5) is 22.6. The second-order valence-electron chi connectivity index (χ2n) is 5.01. The fourth-order valence-corrected chi connectivity index (χ4v) is 1.73. The lowest BCUT2D eigenvalue weighted by atomic mass is 10.1. The lowest BCUT2D eigenvalue weighted by molar-refractivity contribution is -0.125. The summed E-state index contributed by atoms with van der Waals surface area (Å²) in [5.74, 6) is 0.183. The van der Waals surface area contributed by atoms with Crippen molar-refractivity contribution >= 4 is 24.2 Å². The summed E-state index contributed by atoms with van der Waals surface area (Å²) in [5, 5.41) is 5.22. The molecule has 0 aromatic heterocycles. The van der Waals surface area contributed by atoms with Crippen LogP contribution in [0, 0.1) is 0 Å². The fraction of sp³-hybridized carbons (Fsp3) is 0.467. The Labute approximate surface area is 137 Å². The van der Waals surface area contributed by atoms with Crippen molar-refractivity contribution in [2.75, 3.05) is 13.1 Å². The van der Waals surface area contributed by atoms with Gasteiger partial charge in [-0.15, -0.1) is 12.4 Å². The Hall–Kier alpha value is -1.79. The zero-order chi connectivity index (χ0) is 15.8. The maximum atomic E-state index is 11.7. The molecular weight excluding hydrogens is 306 g/mol. The number of nitrogens with one attached hydrogen (secondary N) is 2. The highest BCUT2D eigenvalue weighted by atomic mass is 35.5. The number of carbonyl (C=O) groups excluding carboxylic acids is 2. The predicted molar refractivity (Wildman–Crippen MR) is 88.1 cm³/mol.